The topological polar surface area (TPSA) is 70.2 Å². The molecule has 25 heavy (non-hydrogen) atoms. The summed E-state index contributed by atoms with van der Waals surface area (Å²) in [5, 5.41) is 0. The third-order valence-corrected chi connectivity index (χ3v) is 5.92. The van der Waals surface area contributed by atoms with Gasteiger partial charge in [-0.1, -0.05) is 13.8 Å². The molecule has 1 fully saturated rings. The number of hydrogen-bond donors (Lipinski definition) is 0. The summed E-state index contributed by atoms with van der Waals surface area (Å²) < 4.78 is 34.3. The Balaban J connectivity index is 2.94. The third-order valence-electron chi connectivity index (χ3n) is 4.01. The molecule has 1 heterocycles. The molecule has 0 saturated carbocycles. The summed E-state index contributed by atoms with van der Waals surface area (Å²) in [6.07, 6.45) is 1.02. The van der Waals surface area contributed by atoms with Crippen molar-refractivity contribution >= 4 is 16.2 Å². The fraction of sp³-hybridized carbons (Fsp3) is 0.941. The lowest BCUT2D eigenvalue weighted by Gasteiger charge is -2.37. The molecule has 0 amide bonds. The van der Waals surface area contributed by atoms with Crippen LogP contribution in [0.1, 0.15) is 41.0 Å². The molecule has 0 spiro atoms. The molecular formula is C17H35N3O4S. The Morgan fingerprint density at radius 2 is 1.64 bits per heavy atom. The summed E-state index contributed by atoms with van der Waals surface area (Å²) in [5.74, 6) is 0.111. The fourth-order valence-corrected chi connectivity index (χ4v) is 4.86. The summed E-state index contributed by atoms with van der Waals surface area (Å²) in [6.45, 7) is 11.0. The van der Waals surface area contributed by atoms with Crippen molar-refractivity contribution in [3.05, 3.63) is 0 Å². The largest absolute Gasteiger partial charge is 0.459 e. The van der Waals surface area contributed by atoms with Crippen LogP contribution in [0.2, 0.25) is 0 Å². The predicted molar refractivity (Wildman–Crippen MR) is 99.4 cm³/mol. The first-order valence-corrected chi connectivity index (χ1v) is 10.3. The second-order valence-corrected chi connectivity index (χ2v) is 10.4. The molecule has 1 aliphatic heterocycles. The molecule has 0 aliphatic carbocycles. The molecular weight excluding hydrogens is 342 g/mol. The SMILES string of the molecule is CC1CC(C)CN(S(=O)(=O)N(CCN(C)C)CC(=O)OC(C)(C)C)C1. The van der Waals surface area contributed by atoms with Crippen LogP contribution in [-0.2, 0) is 19.7 Å². The quantitative estimate of drug-likeness (QED) is 0.628. The smallest absolute Gasteiger partial charge is 0.321 e. The van der Waals surface area contributed by atoms with E-state index < -0.39 is 21.8 Å². The van der Waals surface area contributed by atoms with Crippen molar-refractivity contribution in [2.75, 3.05) is 46.8 Å². The summed E-state index contributed by atoms with van der Waals surface area (Å²) >= 11 is 0. The zero-order valence-electron chi connectivity index (χ0n) is 16.8. The molecule has 8 heteroatoms. The number of piperidine rings is 1. The van der Waals surface area contributed by atoms with Crippen LogP contribution >= 0.6 is 0 Å². The van der Waals surface area contributed by atoms with Crippen molar-refractivity contribution in [3.63, 3.8) is 0 Å². The van der Waals surface area contributed by atoms with Crippen molar-refractivity contribution in [1.29, 1.82) is 0 Å². The van der Waals surface area contributed by atoms with Gasteiger partial charge in [-0.15, -0.1) is 0 Å². The maximum absolute atomic E-state index is 13.1. The average molecular weight is 378 g/mol. The van der Waals surface area contributed by atoms with Crippen LogP contribution in [0.25, 0.3) is 0 Å². The van der Waals surface area contributed by atoms with Gasteiger partial charge in [-0.05, 0) is 53.1 Å². The van der Waals surface area contributed by atoms with Gasteiger partial charge in [0, 0.05) is 26.2 Å². The second kappa shape index (κ2) is 8.79. The minimum absolute atomic E-state index is 0.257. The normalized spacial score (nSPS) is 23.2. The average Bonchev–Trinajstić information content (AvgIpc) is 2.39. The minimum Gasteiger partial charge on any atom is -0.459 e. The number of esters is 1. The zero-order valence-corrected chi connectivity index (χ0v) is 17.6. The van der Waals surface area contributed by atoms with E-state index in [-0.39, 0.29) is 13.1 Å². The first-order chi connectivity index (χ1) is 11.3. The monoisotopic (exact) mass is 377 g/mol. The summed E-state index contributed by atoms with van der Waals surface area (Å²) in [5.41, 5.74) is -0.637. The molecule has 7 nitrogen and oxygen atoms in total. The van der Waals surface area contributed by atoms with E-state index in [9.17, 15) is 13.2 Å². The van der Waals surface area contributed by atoms with Gasteiger partial charge in [0.05, 0.1) is 0 Å². The first-order valence-electron chi connectivity index (χ1n) is 8.93. The van der Waals surface area contributed by atoms with Gasteiger partial charge >= 0.3 is 5.97 Å². The van der Waals surface area contributed by atoms with E-state index in [1.807, 2.05) is 19.0 Å². The highest BCUT2D eigenvalue weighted by Gasteiger charge is 2.36. The van der Waals surface area contributed by atoms with Crippen molar-refractivity contribution in [3.8, 4) is 0 Å². The lowest BCUT2D eigenvalue weighted by molar-refractivity contribution is -0.155. The van der Waals surface area contributed by atoms with Gasteiger partial charge in [0.25, 0.3) is 10.2 Å². The first kappa shape index (κ1) is 22.3. The van der Waals surface area contributed by atoms with Gasteiger partial charge < -0.3 is 9.64 Å². The van der Waals surface area contributed by atoms with Crippen LogP contribution in [0.4, 0.5) is 0 Å². The molecule has 1 rings (SSSR count). The van der Waals surface area contributed by atoms with E-state index in [0.29, 0.717) is 31.5 Å². The van der Waals surface area contributed by atoms with E-state index in [4.69, 9.17) is 4.74 Å². The fourth-order valence-electron chi connectivity index (χ4n) is 3.06. The predicted octanol–water partition coefficient (Wildman–Crippen LogP) is 1.41. The maximum Gasteiger partial charge on any atom is 0.321 e. The van der Waals surface area contributed by atoms with E-state index in [1.54, 1.807) is 20.8 Å². The Morgan fingerprint density at radius 1 is 1.12 bits per heavy atom. The number of nitrogens with zero attached hydrogens (tertiary/aromatic N) is 3. The highest BCUT2D eigenvalue weighted by atomic mass is 32.2. The Kier molecular flexibility index (Phi) is 7.86. The van der Waals surface area contributed by atoms with Crippen LogP contribution in [0.15, 0.2) is 0 Å². The van der Waals surface area contributed by atoms with Crippen molar-refractivity contribution < 1.29 is 17.9 Å². The van der Waals surface area contributed by atoms with Gasteiger partial charge in [-0.2, -0.15) is 17.0 Å². The van der Waals surface area contributed by atoms with Gasteiger partial charge in [-0.3, -0.25) is 4.79 Å². The molecule has 0 N–H and O–H groups in total. The summed E-state index contributed by atoms with van der Waals surface area (Å²) in [7, 11) is 0.0595. The van der Waals surface area contributed by atoms with Crippen LogP contribution in [-0.4, -0.2) is 80.3 Å². The van der Waals surface area contributed by atoms with Crippen molar-refractivity contribution in [2.45, 2.75) is 46.6 Å². The Labute approximate surface area is 153 Å². The Morgan fingerprint density at radius 3 is 2.08 bits per heavy atom. The van der Waals surface area contributed by atoms with Crippen molar-refractivity contribution in [1.82, 2.24) is 13.5 Å². The van der Waals surface area contributed by atoms with Gasteiger partial charge in [0.2, 0.25) is 0 Å². The summed E-state index contributed by atoms with van der Waals surface area (Å²) in [6, 6.07) is 0. The number of ether oxygens (including phenoxy) is 1. The van der Waals surface area contributed by atoms with Crippen LogP contribution in [0.3, 0.4) is 0 Å². The molecule has 0 aromatic carbocycles. The number of hydrogen-bond acceptors (Lipinski definition) is 5. The molecule has 1 saturated heterocycles. The highest BCUT2D eigenvalue weighted by molar-refractivity contribution is 7.86. The van der Waals surface area contributed by atoms with Crippen LogP contribution < -0.4 is 0 Å². The van der Waals surface area contributed by atoms with E-state index in [2.05, 4.69) is 13.8 Å². The standard InChI is InChI=1S/C17H35N3O4S/c1-14-10-15(2)12-20(11-14)25(22,23)19(9-8-18(6)7)13-16(21)24-17(3,4)5/h14-15H,8-13H2,1-7H3. The molecule has 148 valence electrons. The molecule has 0 radical (unpaired) electrons. The highest BCUT2D eigenvalue weighted by Crippen LogP contribution is 2.24. The minimum atomic E-state index is -3.70. The molecule has 1 aliphatic rings. The van der Waals surface area contributed by atoms with Crippen molar-refractivity contribution in [2.24, 2.45) is 11.8 Å². The molecule has 0 aromatic heterocycles. The number of likely N-dealkylation sites (N-methyl/N-ethyl adjacent to an activating group) is 1. The van der Waals surface area contributed by atoms with Gasteiger partial charge in [0.15, 0.2) is 0 Å². The Bertz CT molecular complexity index is 533. The number of rotatable bonds is 7. The lowest BCUT2D eigenvalue weighted by atomic mass is 9.94. The van der Waals surface area contributed by atoms with Crippen LogP contribution in [0.5, 0.6) is 0 Å². The van der Waals surface area contributed by atoms with E-state index in [1.165, 1.54) is 8.61 Å². The molecule has 2 unspecified atom stereocenters. The van der Waals surface area contributed by atoms with E-state index in [0.717, 1.165) is 6.42 Å². The molecule has 0 aromatic rings. The lowest BCUT2D eigenvalue weighted by Crippen LogP contribution is -2.52. The van der Waals surface area contributed by atoms with Crippen LogP contribution in [0, 0.1) is 11.8 Å². The third kappa shape index (κ3) is 7.60. The maximum atomic E-state index is 13.1. The zero-order chi connectivity index (χ0) is 19.4. The molecule has 0 bridgehead atoms. The number of carbonyl (C=O) groups is 1. The number of carbonyl (C=O) groups excluding carboxylic acids is 1. The van der Waals surface area contributed by atoms with E-state index >= 15 is 0 Å². The second-order valence-electron chi connectivity index (χ2n) is 8.49. The van der Waals surface area contributed by atoms with Gasteiger partial charge in [-0.25, -0.2) is 0 Å². The van der Waals surface area contributed by atoms with Gasteiger partial charge in [0.1, 0.15) is 12.1 Å². The molecule has 2 atom stereocenters. The summed E-state index contributed by atoms with van der Waals surface area (Å²) in [4.78, 5) is 14.1. The Hall–Kier alpha value is -0.700.